The van der Waals surface area contributed by atoms with Crippen LogP contribution in [-0.4, -0.2) is 28.7 Å². The highest BCUT2D eigenvalue weighted by Gasteiger charge is 2.29. The number of halogens is 2. The Balaban J connectivity index is 1.61. The predicted octanol–water partition coefficient (Wildman–Crippen LogP) is 2.24. The van der Waals surface area contributed by atoms with E-state index in [4.69, 9.17) is 0 Å². The van der Waals surface area contributed by atoms with E-state index in [0.717, 1.165) is 5.56 Å². The normalized spacial score (nSPS) is 16.7. The summed E-state index contributed by atoms with van der Waals surface area (Å²) in [6.07, 6.45) is 1.66. The standard InChI is InChI=1S/C16H15F2N5O/c1-23-14(10-2-4-11(17)5-3-10)8-13(22-23)16(24)21-20-12-6-7-15(18)19-9-12/h2-7,9,14,20H,8H2,1H3,(H,21,24). The molecule has 0 fully saturated rings. The van der Waals surface area contributed by atoms with Gasteiger partial charge >= 0.3 is 0 Å². The van der Waals surface area contributed by atoms with Gasteiger partial charge in [-0.05, 0) is 29.8 Å². The van der Waals surface area contributed by atoms with Crippen molar-refractivity contribution in [1.82, 2.24) is 15.4 Å². The lowest BCUT2D eigenvalue weighted by Gasteiger charge is -2.18. The minimum Gasteiger partial charge on any atom is -0.297 e. The van der Waals surface area contributed by atoms with E-state index in [0.29, 0.717) is 17.8 Å². The zero-order valence-electron chi connectivity index (χ0n) is 12.8. The minimum absolute atomic E-state index is 0.126. The van der Waals surface area contributed by atoms with Crippen LogP contribution in [-0.2, 0) is 4.79 Å². The molecule has 0 aliphatic carbocycles. The van der Waals surface area contributed by atoms with E-state index in [1.165, 1.54) is 30.5 Å². The molecule has 0 spiro atoms. The Labute approximate surface area is 137 Å². The molecular formula is C16H15F2N5O. The maximum Gasteiger partial charge on any atom is 0.285 e. The van der Waals surface area contributed by atoms with Gasteiger partial charge in [-0.3, -0.25) is 20.7 Å². The Kier molecular flexibility index (Phi) is 4.37. The van der Waals surface area contributed by atoms with Crippen LogP contribution in [0, 0.1) is 11.8 Å². The van der Waals surface area contributed by atoms with Crippen LogP contribution >= 0.6 is 0 Å². The summed E-state index contributed by atoms with van der Waals surface area (Å²) in [6.45, 7) is 0. The van der Waals surface area contributed by atoms with Crippen molar-refractivity contribution in [2.45, 2.75) is 12.5 Å². The van der Waals surface area contributed by atoms with E-state index in [9.17, 15) is 13.6 Å². The van der Waals surface area contributed by atoms with Crippen LogP contribution in [0.2, 0.25) is 0 Å². The molecule has 1 aromatic heterocycles. The van der Waals surface area contributed by atoms with Gasteiger partial charge in [-0.2, -0.15) is 9.49 Å². The summed E-state index contributed by atoms with van der Waals surface area (Å²) in [5.41, 5.74) is 6.81. The number of aromatic nitrogens is 1. The maximum absolute atomic E-state index is 13.0. The van der Waals surface area contributed by atoms with Crippen molar-refractivity contribution in [3.63, 3.8) is 0 Å². The fourth-order valence-electron chi connectivity index (χ4n) is 2.42. The quantitative estimate of drug-likeness (QED) is 0.666. The van der Waals surface area contributed by atoms with Gasteiger partial charge in [0, 0.05) is 13.5 Å². The first-order chi connectivity index (χ1) is 11.5. The molecule has 0 radical (unpaired) electrons. The van der Waals surface area contributed by atoms with Crippen LogP contribution in [0.25, 0.3) is 0 Å². The van der Waals surface area contributed by atoms with Gasteiger partial charge in [0.1, 0.15) is 11.5 Å². The van der Waals surface area contributed by atoms with Crippen molar-refractivity contribution in [3.8, 4) is 0 Å². The lowest BCUT2D eigenvalue weighted by Crippen LogP contribution is -2.35. The van der Waals surface area contributed by atoms with Crippen molar-refractivity contribution in [1.29, 1.82) is 0 Å². The van der Waals surface area contributed by atoms with Gasteiger partial charge < -0.3 is 0 Å². The Bertz CT molecular complexity index is 761. The van der Waals surface area contributed by atoms with Crippen molar-refractivity contribution < 1.29 is 13.6 Å². The zero-order valence-corrected chi connectivity index (χ0v) is 12.8. The van der Waals surface area contributed by atoms with Gasteiger partial charge in [0.25, 0.3) is 5.91 Å². The summed E-state index contributed by atoms with van der Waals surface area (Å²) < 4.78 is 25.7. The Morgan fingerprint density at radius 1 is 1.21 bits per heavy atom. The number of hydrogen-bond acceptors (Lipinski definition) is 5. The van der Waals surface area contributed by atoms with E-state index >= 15 is 0 Å². The second-order valence-corrected chi connectivity index (χ2v) is 5.34. The first-order valence-corrected chi connectivity index (χ1v) is 7.26. The van der Waals surface area contributed by atoms with Gasteiger partial charge in [-0.15, -0.1) is 0 Å². The predicted molar refractivity (Wildman–Crippen MR) is 84.9 cm³/mol. The van der Waals surface area contributed by atoms with Crippen LogP contribution in [0.1, 0.15) is 18.0 Å². The number of carbonyl (C=O) groups excluding carboxylic acids is 1. The van der Waals surface area contributed by atoms with E-state index in [2.05, 4.69) is 20.9 Å². The van der Waals surface area contributed by atoms with E-state index in [-0.39, 0.29) is 11.9 Å². The molecule has 1 aliphatic rings. The SMILES string of the molecule is CN1N=C(C(=O)NNc2ccc(F)nc2)CC1c1ccc(F)cc1. The molecular weight excluding hydrogens is 316 g/mol. The fourth-order valence-corrected chi connectivity index (χ4v) is 2.42. The Hall–Kier alpha value is -3.03. The van der Waals surface area contributed by atoms with Gasteiger partial charge in [-0.25, -0.2) is 9.37 Å². The number of carbonyl (C=O) groups is 1. The molecule has 0 saturated carbocycles. The molecule has 2 N–H and O–H groups in total. The number of hydrogen-bond donors (Lipinski definition) is 2. The summed E-state index contributed by atoms with van der Waals surface area (Å²) in [7, 11) is 1.76. The first-order valence-electron chi connectivity index (χ1n) is 7.26. The monoisotopic (exact) mass is 331 g/mol. The van der Waals surface area contributed by atoms with Crippen molar-refractivity contribution in [3.05, 3.63) is 59.9 Å². The van der Waals surface area contributed by atoms with Gasteiger partial charge in [-0.1, -0.05) is 12.1 Å². The lowest BCUT2D eigenvalue weighted by molar-refractivity contribution is -0.114. The topological polar surface area (TPSA) is 69.6 Å². The molecule has 6 nitrogen and oxygen atoms in total. The molecule has 1 unspecified atom stereocenters. The Morgan fingerprint density at radius 3 is 2.62 bits per heavy atom. The van der Waals surface area contributed by atoms with Gasteiger partial charge in [0.15, 0.2) is 0 Å². The van der Waals surface area contributed by atoms with Crippen molar-refractivity contribution in [2.24, 2.45) is 5.10 Å². The number of hydrazine groups is 1. The third kappa shape index (κ3) is 3.48. The molecule has 124 valence electrons. The highest BCUT2D eigenvalue weighted by atomic mass is 19.1. The molecule has 8 heteroatoms. The minimum atomic E-state index is -0.601. The number of rotatable bonds is 4. The number of nitrogens with one attached hydrogen (secondary N) is 2. The van der Waals surface area contributed by atoms with Crippen molar-refractivity contribution >= 4 is 17.3 Å². The van der Waals surface area contributed by atoms with E-state index in [1.807, 2.05) is 0 Å². The fraction of sp³-hybridized carbons (Fsp3) is 0.188. The maximum atomic E-state index is 13.0. The van der Waals surface area contributed by atoms with Gasteiger partial charge in [0.2, 0.25) is 5.95 Å². The third-order valence-electron chi connectivity index (χ3n) is 3.68. The van der Waals surface area contributed by atoms with Crippen LogP contribution in [0.3, 0.4) is 0 Å². The summed E-state index contributed by atoms with van der Waals surface area (Å²) >= 11 is 0. The Morgan fingerprint density at radius 2 is 1.96 bits per heavy atom. The molecule has 1 aromatic carbocycles. The molecule has 1 amide bonds. The number of hydrazone groups is 1. The van der Waals surface area contributed by atoms with Crippen LogP contribution < -0.4 is 10.9 Å². The summed E-state index contributed by atoms with van der Waals surface area (Å²) in [5.74, 6) is -1.30. The second-order valence-electron chi connectivity index (χ2n) is 5.34. The molecule has 3 rings (SSSR count). The van der Waals surface area contributed by atoms with Crippen LogP contribution in [0.4, 0.5) is 14.5 Å². The molecule has 1 aliphatic heterocycles. The average Bonchev–Trinajstić information content (AvgIpc) is 2.97. The first kappa shape index (κ1) is 15.9. The number of anilines is 1. The third-order valence-corrected chi connectivity index (χ3v) is 3.68. The molecule has 2 heterocycles. The van der Waals surface area contributed by atoms with Crippen LogP contribution in [0.15, 0.2) is 47.7 Å². The number of amides is 1. The second kappa shape index (κ2) is 6.61. The molecule has 0 saturated heterocycles. The average molecular weight is 331 g/mol. The summed E-state index contributed by atoms with van der Waals surface area (Å²) in [5, 5.41) is 5.89. The zero-order chi connectivity index (χ0) is 17.1. The largest absolute Gasteiger partial charge is 0.297 e. The molecule has 1 atom stereocenters. The smallest absolute Gasteiger partial charge is 0.285 e. The lowest BCUT2D eigenvalue weighted by atomic mass is 10.0. The van der Waals surface area contributed by atoms with Gasteiger partial charge in [0.05, 0.1) is 17.9 Å². The summed E-state index contributed by atoms with van der Waals surface area (Å²) in [6, 6.07) is 8.62. The summed E-state index contributed by atoms with van der Waals surface area (Å²) in [4.78, 5) is 15.7. The number of pyridine rings is 1. The number of benzene rings is 1. The van der Waals surface area contributed by atoms with E-state index < -0.39 is 11.9 Å². The van der Waals surface area contributed by atoms with Crippen LogP contribution in [0.5, 0.6) is 0 Å². The number of nitrogens with zero attached hydrogens (tertiary/aromatic N) is 3. The molecule has 24 heavy (non-hydrogen) atoms. The van der Waals surface area contributed by atoms with E-state index in [1.54, 1.807) is 24.2 Å². The molecule has 0 bridgehead atoms. The highest BCUT2D eigenvalue weighted by Crippen LogP contribution is 2.29. The highest BCUT2D eigenvalue weighted by molar-refractivity contribution is 6.39. The molecule has 2 aromatic rings. The van der Waals surface area contributed by atoms with Crippen molar-refractivity contribution in [2.75, 3.05) is 12.5 Å².